The lowest BCUT2D eigenvalue weighted by molar-refractivity contribution is 0.395. The molecule has 15 heavy (non-hydrogen) atoms. The molecule has 0 aliphatic heterocycles. The van der Waals surface area contributed by atoms with Crippen LogP contribution in [0.3, 0.4) is 0 Å². The third-order valence-corrected chi connectivity index (χ3v) is 1.79. The molecule has 0 radical (unpaired) electrons. The van der Waals surface area contributed by atoms with E-state index in [1.807, 2.05) is 0 Å². The molecule has 0 spiro atoms. The maximum Gasteiger partial charge on any atom is 0.167 e. The summed E-state index contributed by atoms with van der Waals surface area (Å²) < 4.78 is 0. The highest BCUT2D eigenvalue weighted by atomic mass is 16.3. The van der Waals surface area contributed by atoms with Gasteiger partial charge in [0.2, 0.25) is 0 Å². The van der Waals surface area contributed by atoms with Crippen LogP contribution < -0.4 is 5.73 Å². The van der Waals surface area contributed by atoms with Gasteiger partial charge in [-0.3, -0.25) is 0 Å². The number of rotatable bonds is 2. The molecule has 0 aromatic heterocycles. The zero-order chi connectivity index (χ0) is 11.6. The number of aromatic hydroxyl groups is 3. The summed E-state index contributed by atoms with van der Waals surface area (Å²) in [4.78, 5) is 0. The van der Waals surface area contributed by atoms with E-state index in [2.05, 4.69) is 6.58 Å². The van der Waals surface area contributed by atoms with Crippen LogP contribution in [-0.4, -0.2) is 15.3 Å². The van der Waals surface area contributed by atoms with Crippen LogP contribution in [0, 0.1) is 0 Å². The Morgan fingerprint density at radius 1 is 1.33 bits per heavy atom. The first-order chi connectivity index (χ1) is 6.91. The van der Waals surface area contributed by atoms with Crippen molar-refractivity contribution in [3.63, 3.8) is 0 Å². The summed E-state index contributed by atoms with van der Waals surface area (Å²) in [6.45, 7) is 5.37. The van der Waals surface area contributed by atoms with Gasteiger partial charge < -0.3 is 21.1 Å². The third kappa shape index (κ3) is 2.43. The lowest BCUT2D eigenvalue weighted by Crippen LogP contribution is -1.97. The minimum atomic E-state index is -0.414. The summed E-state index contributed by atoms with van der Waals surface area (Å²) in [7, 11) is 0. The first-order valence-corrected chi connectivity index (χ1v) is 4.30. The summed E-state index contributed by atoms with van der Waals surface area (Å²) in [6.07, 6.45) is 1.54. The fourth-order valence-electron chi connectivity index (χ4n) is 1.17. The molecule has 0 aliphatic rings. The molecule has 0 saturated carbocycles. The number of hydrogen-bond donors (Lipinski definition) is 4. The van der Waals surface area contributed by atoms with Crippen LogP contribution in [0.5, 0.6) is 17.2 Å². The molecule has 0 amide bonds. The molecule has 0 heterocycles. The Hall–Kier alpha value is -2.10. The van der Waals surface area contributed by atoms with Crippen molar-refractivity contribution in [2.24, 2.45) is 5.73 Å². The second-order valence-corrected chi connectivity index (χ2v) is 3.31. The van der Waals surface area contributed by atoms with Gasteiger partial charge in [0.15, 0.2) is 11.5 Å². The smallest absolute Gasteiger partial charge is 0.167 e. The van der Waals surface area contributed by atoms with Gasteiger partial charge >= 0.3 is 0 Å². The van der Waals surface area contributed by atoms with Crippen LogP contribution in [0.15, 0.2) is 30.4 Å². The van der Waals surface area contributed by atoms with Crippen molar-refractivity contribution in [2.75, 3.05) is 0 Å². The van der Waals surface area contributed by atoms with Crippen LogP contribution in [0.1, 0.15) is 12.5 Å². The van der Waals surface area contributed by atoms with Crippen LogP contribution in [0.4, 0.5) is 0 Å². The lowest BCUT2D eigenvalue weighted by Gasteiger charge is -2.07. The van der Waals surface area contributed by atoms with Crippen molar-refractivity contribution in [1.82, 2.24) is 0 Å². The molecule has 0 fully saturated rings. The number of benzene rings is 1. The number of allylic oxidation sites excluding steroid dienone is 2. The second-order valence-electron chi connectivity index (χ2n) is 3.31. The lowest BCUT2D eigenvalue weighted by atomic mass is 10.1. The van der Waals surface area contributed by atoms with Crippen molar-refractivity contribution >= 4 is 5.70 Å². The Labute approximate surface area is 87.6 Å². The van der Waals surface area contributed by atoms with Crippen molar-refractivity contribution < 1.29 is 15.3 Å². The highest BCUT2D eigenvalue weighted by Crippen LogP contribution is 2.35. The van der Waals surface area contributed by atoms with Gasteiger partial charge in [-0.15, -0.1) is 0 Å². The molecule has 1 aromatic carbocycles. The Morgan fingerprint density at radius 2 is 1.93 bits per heavy atom. The molecule has 4 heteroatoms. The fraction of sp³-hybridized carbons (Fsp3) is 0.0909. The monoisotopic (exact) mass is 207 g/mol. The molecule has 0 bridgehead atoms. The number of hydrogen-bond acceptors (Lipinski definition) is 4. The van der Waals surface area contributed by atoms with Crippen LogP contribution in [-0.2, 0) is 0 Å². The Morgan fingerprint density at radius 3 is 2.47 bits per heavy atom. The van der Waals surface area contributed by atoms with Crippen LogP contribution in [0.25, 0.3) is 5.70 Å². The van der Waals surface area contributed by atoms with E-state index in [4.69, 9.17) is 5.73 Å². The van der Waals surface area contributed by atoms with Crippen molar-refractivity contribution in [3.05, 3.63) is 35.9 Å². The number of phenols is 3. The minimum Gasteiger partial charge on any atom is -0.508 e. The molecule has 4 nitrogen and oxygen atoms in total. The van der Waals surface area contributed by atoms with Crippen LogP contribution >= 0.6 is 0 Å². The zero-order valence-electron chi connectivity index (χ0n) is 8.36. The summed E-state index contributed by atoms with van der Waals surface area (Å²) in [5, 5.41) is 28.0. The normalized spacial score (nSPS) is 11.4. The van der Waals surface area contributed by atoms with Gasteiger partial charge in [-0.25, -0.2) is 0 Å². The van der Waals surface area contributed by atoms with Gasteiger partial charge in [-0.05, 0) is 19.1 Å². The summed E-state index contributed by atoms with van der Waals surface area (Å²) in [6, 6.07) is 2.30. The Bertz CT molecular complexity index is 436. The number of nitrogens with two attached hydrogens (primary N) is 1. The highest BCUT2D eigenvalue weighted by molar-refractivity contribution is 5.73. The molecule has 0 unspecified atom stereocenters. The van der Waals surface area contributed by atoms with Gasteiger partial charge in [-0.1, -0.05) is 12.2 Å². The maximum atomic E-state index is 9.49. The van der Waals surface area contributed by atoms with E-state index in [0.29, 0.717) is 5.57 Å². The Balaban J connectivity index is 3.31. The standard InChI is InChI=1S/C11H13NO3/c1-6(2)3-9(12)8-4-7(13)5-10(14)11(8)15/h3-5,13-15H,1,12H2,2H3/b9-3+. The van der Waals surface area contributed by atoms with E-state index in [9.17, 15) is 15.3 Å². The highest BCUT2D eigenvalue weighted by Gasteiger charge is 2.10. The van der Waals surface area contributed by atoms with E-state index in [0.717, 1.165) is 6.07 Å². The van der Waals surface area contributed by atoms with Crippen molar-refractivity contribution in [1.29, 1.82) is 0 Å². The Kier molecular flexibility index (Phi) is 2.90. The maximum absolute atomic E-state index is 9.49. The van der Waals surface area contributed by atoms with Crippen LogP contribution in [0.2, 0.25) is 0 Å². The average Bonchev–Trinajstić information content (AvgIpc) is 2.09. The van der Waals surface area contributed by atoms with Crippen molar-refractivity contribution in [3.8, 4) is 17.2 Å². The van der Waals surface area contributed by atoms with E-state index in [1.54, 1.807) is 6.92 Å². The molecule has 80 valence electrons. The van der Waals surface area contributed by atoms with E-state index >= 15 is 0 Å². The van der Waals surface area contributed by atoms with Gasteiger partial charge in [-0.2, -0.15) is 0 Å². The molecule has 1 rings (SSSR count). The SMILES string of the molecule is C=C(C)/C=C(/N)c1cc(O)cc(O)c1O. The fourth-order valence-corrected chi connectivity index (χ4v) is 1.17. The predicted molar refractivity (Wildman–Crippen MR) is 58.4 cm³/mol. The number of phenolic OH excluding ortho intramolecular Hbond substituents is 3. The first-order valence-electron chi connectivity index (χ1n) is 4.30. The predicted octanol–water partition coefficient (Wildman–Crippen LogP) is 1.68. The summed E-state index contributed by atoms with van der Waals surface area (Å²) in [5.74, 6) is -0.941. The van der Waals surface area contributed by atoms with E-state index in [-0.39, 0.29) is 22.8 Å². The molecule has 5 N–H and O–H groups in total. The molecule has 0 aliphatic carbocycles. The van der Waals surface area contributed by atoms with E-state index < -0.39 is 5.75 Å². The molecule has 0 atom stereocenters. The first kappa shape index (κ1) is 11.0. The molecular weight excluding hydrogens is 194 g/mol. The topological polar surface area (TPSA) is 86.7 Å². The molecule has 0 saturated heterocycles. The summed E-state index contributed by atoms with van der Waals surface area (Å²) >= 11 is 0. The third-order valence-electron chi connectivity index (χ3n) is 1.79. The van der Waals surface area contributed by atoms with Gasteiger partial charge in [0.1, 0.15) is 5.75 Å². The van der Waals surface area contributed by atoms with Gasteiger partial charge in [0.05, 0.1) is 0 Å². The quantitative estimate of drug-likeness (QED) is 0.337. The average molecular weight is 207 g/mol. The minimum absolute atomic E-state index is 0.168. The second kappa shape index (κ2) is 3.96. The van der Waals surface area contributed by atoms with Gasteiger partial charge in [0.25, 0.3) is 0 Å². The summed E-state index contributed by atoms with van der Waals surface area (Å²) in [5.41, 5.74) is 6.76. The zero-order valence-corrected chi connectivity index (χ0v) is 8.36. The largest absolute Gasteiger partial charge is 0.508 e. The molecule has 1 aromatic rings. The van der Waals surface area contributed by atoms with Crippen molar-refractivity contribution in [2.45, 2.75) is 6.92 Å². The van der Waals surface area contributed by atoms with Gasteiger partial charge in [0, 0.05) is 17.3 Å². The van der Waals surface area contributed by atoms with E-state index in [1.165, 1.54) is 12.1 Å². The molecular formula is C11H13NO3.